The Balaban J connectivity index is -0.000000687. The van der Waals surface area contributed by atoms with Crippen LogP contribution in [0.2, 0.25) is 0 Å². The molecule has 0 bridgehead atoms. The topological polar surface area (TPSA) is 53.0 Å². The summed E-state index contributed by atoms with van der Waals surface area (Å²) in [6.07, 6.45) is 7.31. The van der Waals surface area contributed by atoms with E-state index in [2.05, 4.69) is 110 Å². The fraction of sp³-hybridized carbons (Fsp3) is 0.512. The maximum atomic E-state index is 11.9. The van der Waals surface area contributed by atoms with E-state index in [9.17, 15) is 9.18 Å². The molecule has 0 aromatic heterocycles. The summed E-state index contributed by atoms with van der Waals surface area (Å²) >= 11 is 3.39. The van der Waals surface area contributed by atoms with Crippen LogP contribution in [0, 0.1) is 6.92 Å². The first kappa shape index (κ1) is 51.2. The zero-order valence-electron chi connectivity index (χ0n) is 33.9. The van der Waals surface area contributed by atoms with E-state index >= 15 is 0 Å². The number of alkyl halides is 1. The first-order valence-corrected chi connectivity index (χ1v) is 18.9. The fourth-order valence-corrected chi connectivity index (χ4v) is 5.32. The number of halogens is 2. The monoisotopic (exact) mass is 757 g/mol. The van der Waals surface area contributed by atoms with Crippen LogP contribution in [-0.2, 0) is 4.79 Å². The molecule has 1 aliphatic rings. The summed E-state index contributed by atoms with van der Waals surface area (Å²) in [6, 6.07) is 13.1. The van der Waals surface area contributed by atoms with E-state index in [1.54, 1.807) is 12.3 Å². The first-order valence-electron chi connectivity index (χ1n) is 18.2. The second-order valence-corrected chi connectivity index (χ2v) is 12.4. The number of aliphatic imine (C=N–C) groups is 1. The Labute approximate surface area is 315 Å². The Hall–Kier alpha value is -3.16. The lowest BCUT2D eigenvalue weighted by molar-refractivity contribution is -0.104. The van der Waals surface area contributed by atoms with Gasteiger partial charge in [0.05, 0.1) is 11.9 Å². The van der Waals surface area contributed by atoms with Crippen LogP contribution in [-0.4, -0.2) is 56.5 Å². The SMILES string of the molecule is C=C(C)C1=C(N(C)c2ccc(C(C)C)cc2)CCN(C)C1CC.C=CC=O.CC.CC.CC=Nc1c(C=O)ccc(Br)c1C.CCC(F)CC. The molecule has 3 rings (SSSR count). The van der Waals surface area contributed by atoms with E-state index in [0.29, 0.717) is 36.7 Å². The Morgan fingerprint density at radius 1 is 1.06 bits per heavy atom. The van der Waals surface area contributed by atoms with Crippen molar-refractivity contribution in [3.05, 3.63) is 93.6 Å². The predicted octanol–water partition coefficient (Wildman–Crippen LogP) is 13.1. The molecule has 1 aliphatic heterocycles. The minimum absolute atomic E-state index is 0.480. The van der Waals surface area contributed by atoms with Crippen molar-refractivity contribution in [1.82, 2.24) is 4.90 Å². The molecule has 282 valence electrons. The summed E-state index contributed by atoms with van der Waals surface area (Å²) in [6.45, 7) is 32.8. The lowest BCUT2D eigenvalue weighted by atomic mass is 9.90. The number of hydrogen-bond donors (Lipinski definition) is 0. The molecule has 1 atom stereocenters. The highest BCUT2D eigenvalue weighted by molar-refractivity contribution is 9.10. The van der Waals surface area contributed by atoms with Crippen molar-refractivity contribution in [2.24, 2.45) is 4.99 Å². The number of benzene rings is 2. The molecule has 2 aromatic carbocycles. The summed E-state index contributed by atoms with van der Waals surface area (Å²) in [4.78, 5) is 28.7. The van der Waals surface area contributed by atoms with E-state index < -0.39 is 6.17 Å². The second kappa shape index (κ2) is 30.6. The Morgan fingerprint density at radius 3 is 1.94 bits per heavy atom. The quantitative estimate of drug-likeness (QED) is 0.138. The normalized spacial score (nSPS) is 13.5. The molecule has 1 heterocycles. The zero-order chi connectivity index (χ0) is 39.4. The van der Waals surface area contributed by atoms with Crippen LogP contribution in [0.25, 0.3) is 0 Å². The molecule has 0 saturated heterocycles. The molecule has 0 saturated carbocycles. The largest absolute Gasteiger partial charge is 0.348 e. The summed E-state index contributed by atoms with van der Waals surface area (Å²) < 4.78 is 12.8. The van der Waals surface area contributed by atoms with E-state index in [0.717, 1.165) is 41.4 Å². The molecule has 0 N–H and O–H groups in total. The van der Waals surface area contributed by atoms with E-state index in [1.807, 2.05) is 61.5 Å². The molecule has 50 heavy (non-hydrogen) atoms. The van der Waals surface area contributed by atoms with Gasteiger partial charge in [-0.3, -0.25) is 19.5 Å². The summed E-state index contributed by atoms with van der Waals surface area (Å²) in [7, 11) is 4.42. The number of nitrogens with zero attached hydrogens (tertiary/aromatic N) is 3. The number of carbonyl (C=O) groups is 2. The number of carbonyl (C=O) groups excluding carboxylic acids is 2. The average Bonchev–Trinajstić information content (AvgIpc) is 3.15. The van der Waals surface area contributed by atoms with Gasteiger partial charge >= 0.3 is 0 Å². The lowest BCUT2D eigenvalue weighted by Crippen LogP contribution is -2.41. The van der Waals surface area contributed by atoms with Crippen LogP contribution in [0.5, 0.6) is 0 Å². The number of anilines is 1. The summed E-state index contributed by atoms with van der Waals surface area (Å²) in [5.41, 5.74) is 9.07. The smallest absolute Gasteiger partial charge is 0.152 e. The van der Waals surface area contributed by atoms with Gasteiger partial charge in [-0.2, -0.15) is 0 Å². The van der Waals surface area contributed by atoms with E-state index in [4.69, 9.17) is 4.79 Å². The lowest BCUT2D eigenvalue weighted by Gasteiger charge is -2.39. The summed E-state index contributed by atoms with van der Waals surface area (Å²) in [5.74, 6) is 0.576. The fourth-order valence-electron chi connectivity index (χ4n) is 5.00. The third-order valence-electron chi connectivity index (χ3n) is 7.84. The highest BCUT2D eigenvalue weighted by Gasteiger charge is 2.28. The van der Waals surface area contributed by atoms with Crippen molar-refractivity contribution in [2.75, 3.05) is 25.5 Å². The Kier molecular flexibility index (Phi) is 31.4. The van der Waals surface area contributed by atoms with Gasteiger partial charge in [0, 0.05) is 53.7 Å². The van der Waals surface area contributed by atoms with Crippen LogP contribution in [0.3, 0.4) is 0 Å². The maximum Gasteiger partial charge on any atom is 0.152 e. The minimum Gasteiger partial charge on any atom is -0.348 e. The van der Waals surface area contributed by atoms with Crippen LogP contribution in [0.4, 0.5) is 15.8 Å². The van der Waals surface area contributed by atoms with Crippen LogP contribution in [0.15, 0.2) is 81.9 Å². The van der Waals surface area contributed by atoms with Gasteiger partial charge in [0.1, 0.15) is 6.29 Å². The third-order valence-corrected chi connectivity index (χ3v) is 8.70. The molecule has 5 nitrogen and oxygen atoms in total. The highest BCUT2D eigenvalue weighted by atomic mass is 79.9. The van der Waals surface area contributed by atoms with Gasteiger partial charge in [0.15, 0.2) is 6.29 Å². The molecule has 0 radical (unpaired) electrons. The van der Waals surface area contributed by atoms with E-state index in [1.165, 1.54) is 34.2 Å². The molecule has 7 heteroatoms. The minimum atomic E-state index is -0.565. The van der Waals surface area contributed by atoms with Crippen molar-refractivity contribution in [2.45, 2.75) is 127 Å². The molecule has 0 aliphatic carbocycles. The standard InChI is InChI=1S/C21H32N2.C10H10BrNO.C5H11F.C3H4O.2C2H6/c1-8-19-21(16(4)5)20(13-14-22(19)6)23(7)18-11-9-17(10-12-18)15(2)3;1-3-12-10-7(2)9(11)5-4-8(10)6-13;1-3-5(6)4-2;1-2-3-4;2*1-2/h9-12,15,19H,4,8,13-14H2,1-3,5-7H3;3-6H,1-2H3;5H,3-4H2,1-2H3;2-3H,1H2;2*1-2H3. The Morgan fingerprint density at radius 2 is 1.58 bits per heavy atom. The zero-order valence-corrected chi connectivity index (χ0v) is 35.5. The molecule has 2 aromatic rings. The van der Waals surface area contributed by atoms with Gasteiger partial charge < -0.3 is 4.90 Å². The number of aldehydes is 2. The van der Waals surface area contributed by atoms with Crippen molar-refractivity contribution in [1.29, 1.82) is 0 Å². The van der Waals surface area contributed by atoms with Crippen molar-refractivity contribution < 1.29 is 14.0 Å². The number of hydrogen-bond acceptors (Lipinski definition) is 5. The average molecular weight is 759 g/mol. The van der Waals surface area contributed by atoms with Gasteiger partial charge in [-0.25, -0.2) is 4.39 Å². The molecule has 0 amide bonds. The van der Waals surface area contributed by atoms with Gasteiger partial charge in [0.25, 0.3) is 0 Å². The molecule has 0 spiro atoms. The van der Waals surface area contributed by atoms with Crippen LogP contribution >= 0.6 is 15.9 Å². The first-order chi connectivity index (χ1) is 23.8. The molecular weight excluding hydrogens is 689 g/mol. The van der Waals surface area contributed by atoms with Crippen molar-refractivity contribution in [3.8, 4) is 0 Å². The third kappa shape index (κ3) is 18.2. The molecule has 1 unspecified atom stereocenters. The number of likely N-dealkylation sites (N-methyl/N-ethyl adjacent to an activating group) is 1. The highest BCUT2D eigenvalue weighted by Crippen LogP contribution is 2.34. The van der Waals surface area contributed by atoms with Crippen molar-refractivity contribution >= 4 is 46.1 Å². The van der Waals surface area contributed by atoms with Gasteiger partial charge in [-0.1, -0.05) is 109 Å². The number of rotatable bonds is 10. The molecular formula is C43H69BrFN3O2. The predicted molar refractivity (Wildman–Crippen MR) is 225 cm³/mol. The van der Waals surface area contributed by atoms with Gasteiger partial charge in [0.2, 0.25) is 0 Å². The van der Waals surface area contributed by atoms with Gasteiger partial charge in [-0.15, -0.1) is 0 Å². The second-order valence-electron chi connectivity index (χ2n) is 11.5. The van der Waals surface area contributed by atoms with E-state index in [-0.39, 0.29) is 0 Å². The van der Waals surface area contributed by atoms with Gasteiger partial charge in [-0.05, 0) is 100 Å². The van der Waals surface area contributed by atoms with Crippen LogP contribution < -0.4 is 4.90 Å². The molecule has 0 fully saturated rings. The number of allylic oxidation sites excluding steroid dienone is 1. The van der Waals surface area contributed by atoms with Crippen LogP contribution in [0.1, 0.15) is 129 Å². The summed E-state index contributed by atoms with van der Waals surface area (Å²) in [5, 5.41) is 0. The van der Waals surface area contributed by atoms with Crippen molar-refractivity contribution in [3.63, 3.8) is 0 Å². The Bertz CT molecular complexity index is 1290. The maximum absolute atomic E-state index is 11.9.